The smallest absolute Gasteiger partial charge is 0.334 e. The SMILES string of the molecule is C=C1CC2(CC=CCC2)OC1=O. The van der Waals surface area contributed by atoms with E-state index >= 15 is 0 Å². The van der Waals surface area contributed by atoms with Crippen LogP contribution in [0, 0.1) is 0 Å². The van der Waals surface area contributed by atoms with Crippen molar-refractivity contribution in [3.05, 3.63) is 24.3 Å². The minimum absolute atomic E-state index is 0.203. The molecule has 1 saturated heterocycles. The van der Waals surface area contributed by atoms with Crippen LogP contribution in [0.2, 0.25) is 0 Å². The summed E-state index contributed by atoms with van der Waals surface area (Å²) < 4.78 is 5.31. The van der Waals surface area contributed by atoms with Gasteiger partial charge in [0.05, 0.1) is 0 Å². The summed E-state index contributed by atoms with van der Waals surface area (Å²) in [4.78, 5) is 11.1. The molecule has 2 rings (SSSR count). The molecule has 2 heteroatoms. The van der Waals surface area contributed by atoms with Crippen LogP contribution in [0.1, 0.15) is 25.7 Å². The van der Waals surface area contributed by atoms with Gasteiger partial charge in [-0.3, -0.25) is 0 Å². The Morgan fingerprint density at radius 2 is 2.33 bits per heavy atom. The van der Waals surface area contributed by atoms with Gasteiger partial charge in [-0.15, -0.1) is 0 Å². The molecule has 1 aliphatic heterocycles. The first-order valence-corrected chi connectivity index (χ1v) is 4.28. The maximum atomic E-state index is 11.1. The second kappa shape index (κ2) is 2.47. The van der Waals surface area contributed by atoms with Crippen LogP contribution in [-0.4, -0.2) is 11.6 Å². The standard InChI is InChI=1S/C10H12O2/c1-8-7-10(12-9(8)11)5-3-2-4-6-10/h2-3H,1,4-7H2. The van der Waals surface area contributed by atoms with E-state index in [1.54, 1.807) is 0 Å². The van der Waals surface area contributed by atoms with Crippen LogP contribution in [0.5, 0.6) is 0 Å². The molecule has 2 aliphatic rings. The van der Waals surface area contributed by atoms with Crippen molar-refractivity contribution in [2.75, 3.05) is 0 Å². The second-order valence-electron chi connectivity index (χ2n) is 3.57. The van der Waals surface area contributed by atoms with Gasteiger partial charge < -0.3 is 4.74 Å². The van der Waals surface area contributed by atoms with Crippen LogP contribution in [0.4, 0.5) is 0 Å². The van der Waals surface area contributed by atoms with Gasteiger partial charge in [0.1, 0.15) is 5.60 Å². The Hall–Kier alpha value is -1.05. The maximum Gasteiger partial charge on any atom is 0.334 e. The van der Waals surface area contributed by atoms with E-state index in [4.69, 9.17) is 4.74 Å². The van der Waals surface area contributed by atoms with Gasteiger partial charge in [0, 0.05) is 18.4 Å². The summed E-state index contributed by atoms with van der Waals surface area (Å²) in [6.07, 6.45) is 7.78. The fourth-order valence-electron chi connectivity index (χ4n) is 1.88. The highest BCUT2D eigenvalue weighted by Gasteiger charge is 2.42. The molecule has 0 bridgehead atoms. The van der Waals surface area contributed by atoms with Crippen LogP contribution in [-0.2, 0) is 9.53 Å². The highest BCUT2D eigenvalue weighted by Crippen LogP contribution is 2.39. The molecule has 1 heterocycles. The molecule has 1 atom stereocenters. The lowest BCUT2D eigenvalue weighted by atomic mass is 9.86. The third-order valence-electron chi connectivity index (χ3n) is 2.56. The Balaban J connectivity index is 2.19. The van der Waals surface area contributed by atoms with Crippen molar-refractivity contribution >= 4 is 5.97 Å². The minimum atomic E-state index is -0.219. The molecule has 0 saturated carbocycles. The van der Waals surface area contributed by atoms with Crippen LogP contribution in [0.3, 0.4) is 0 Å². The van der Waals surface area contributed by atoms with Crippen molar-refractivity contribution < 1.29 is 9.53 Å². The molecule has 0 aromatic rings. The third kappa shape index (κ3) is 1.07. The molecule has 0 N–H and O–H groups in total. The average molecular weight is 164 g/mol. The van der Waals surface area contributed by atoms with E-state index in [-0.39, 0.29) is 11.6 Å². The van der Waals surface area contributed by atoms with Gasteiger partial charge in [0.2, 0.25) is 0 Å². The van der Waals surface area contributed by atoms with Crippen molar-refractivity contribution in [3.8, 4) is 0 Å². The Morgan fingerprint density at radius 1 is 1.50 bits per heavy atom. The summed E-state index contributed by atoms with van der Waals surface area (Å²) in [5.41, 5.74) is 0.411. The number of carbonyl (C=O) groups is 1. The zero-order valence-corrected chi connectivity index (χ0v) is 7.01. The molecule has 2 nitrogen and oxygen atoms in total. The van der Waals surface area contributed by atoms with Gasteiger partial charge in [0.25, 0.3) is 0 Å². The molecule has 0 aromatic heterocycles. The number of hydrogen-bond donors (Lipinski definition) is 0. The quantitative estimate of drug-likeness (QED) is 0.311. The molecule has 1 unspecified atom stereocenters. The zero-order chi connectivity index (χ0) is 8.60. The van der Waals surface area contributed by atoms with E-state index in [1.165, 1.54) is 0 Å². The fourth-order valence-corrected chi connectivity index (χ4v) is 1.88. The monoisotopic (exact) mass is 164 g/mol. The van der Waals surface area contributed by atoms with Crippen LogP contribution in [0.15, 0.2) is 24.3 Å². The number of allylic oxidation sites excluding steroid dienone is 1. The van der Waals surface area contributed by atoms with Crippen LogP contribution >= 0.6 is 0 Å². The summed E-state index contributed by atoms with van der Waals surface area (Å²) in [5, 5.41) is 0. The summed E-state index contributed by atoms with van der Waals surface area (Å²) >= 11 is 0. The van der Waals surface area contributed by atoms with Gasteiger partial charge >= 0.3 is 5.97 Å². The molecule has 12 heavy (non-hydrogen) atoms. The normalized spacial score (nSPS) is 34.3. The van der Waals surface area contributed by atoms with Gasteiger partial charge in [-0.05, 0) is 12.8 Å². The number of ether oxygens (including phenoxy) is 1. The molecule has 0 amide bonds. The number of carbonyl (C=O) groups excluding carboxylic acids is 1. The highest BCUT2D eigenvalue weighted by molar-refractivity contribution is 5.90. The zero-order valence-electron chi connectivity index (χ0n) is 7.01. The van der Waals surface area contributed by atoms with E-state index in [2.05, 4.69) is 18.7 Å². The topological polar surface area (TPSA) is 26.3 Å². The summed E-state index contributed by atoms with van der Waals surface area (Å²) in [6, 6.07) is 0. The third-order valence-corrected chi connectivity index (χ3v) is 2.56. The Labute approximate surface area is 71.9 Å². The first-order chi connectivity index (χ1) is 5.72. The van der Waals surface area contributed by atoms with Crippen LogP contribution in [0.25, 0.3) is 0 Å². The lowest BCUT2D eigenvalue weighted by molar-refractivity contribution is -0.146. The Bertz CT molecular complexity index is 247. The van der Waals surface area contributed by atoms with E-state index in [0.717, 1.165) is 25.7 Å². The average Bonchev–Trinajstić information content (AvgIpc) is 2.29. The van der Waals surface area contributed by atoms with Crippen molar-refractivity contribution in [2.24, 2.45) is 0 Å². The van der Waals surface area contributed by atoms with Gasteiger partial charge in [-0.1, -0.05) is 18.7 Å². The second-order valence-corrected chi connectivity index (χ2v) is 3.57. The predicted molar refractivity (Wildman–Crippen MR) is 45.6 cm³/mol. The van der Waals surface area contributed by atoms with Gasteiger partial charge in [-0.25, -0.2) is 4.79 Å². The first kappa shape index (κ1) is 7.59. The van der Waals surface area contributed by atoms with Crippen molar-refractivity contribution in [1.82, 2.24) is 0 Å². The lowest BCUT2D eigenvalue weighted by Crippen LogP contribution is -2.29. The molecule has 1 spiro atoms. The molecular formula is C10H12O2. The number of esters is 1. The Morgan fingerprint density at radius 3 is 2.83 bits per heavy atom. The molecule has 1 aliphatic carbocycles. The molecule has 64 valence electrons. The maximum absolute atomic E-state index is 11.1. The van der Waals surface area contributed by atoms with Crippen LogP contribution < -0.4 is 0 Å². The summed E-state index contributed by atoms with van der Waals surface area (Å²) in [7, 11) is 0. The highest BCUT2D eigenvalue weighted by atomic mass is 16.6. The summed E-state index contributed by atoms with van der Waals surface area (Å²) in [6.45, 7) is 3.69. The van der Waals surface area contributed by atoms with Crippen molar-refractivity contribution in [2.45, 2.75) is 31.3 Å². The molecular weight excluding hydrogens is 152 g/mol. The lowest BCUT2D eigenvalue weighted by Gasteiger charge is -2.27. The number of hydrogen-bond acceptors (Lipinski definition) is 2. The van der Waals surface area contributed by atoms with Gasteiger partial charge in [-0.2, -0.15) is 0 Å². The molecule has 0 aromatic carbocycles. The van der Waals surface area contributed by atoms with E-state index in [9.17, 15) is 4.79 Å². The van der Waals surface area contributed by atoms with E-state index < -0.39 is 0 Å². The molecule has 0 radical (unpaired) electrons. The minimum Gasteiger partial charge on any atom is -0.455 e. The van der Waals surface area contributed by atoms with Gasteiger partial charge in [0.15, 0.2) is 0 Å². The van der Waals surface area contributed by atoms with E-state index in [1.807, 2.05) is 0 Å². The fraction of sp³-hybridized carbons (Fsp3) is 0.500. The first-order valence-electron chi connectivity index (χ1n) is 4.28. The van der Waals surface area contributed by atoms with Crippen molar-refractivity contribution in [1.29, 1.82) is 0 Å². The predicted octanol–water partition coefficient (Wildman–Crippen LogP) is 1.97. The Kier molecular flexibility index (Phi) is 1.56. The van der Waals surface area contributed by atoms with Crippen molar-refractivity contribution in [3.63, 3.8) is 0 Å². The molecule has 1 fully saturated rings. The summed E-state index contributed by atoms with van der Waals surface area (Å²) in [5.74, 6) is -0.203. The van der Waals surface area contributed by atoms with E-state index in [0.29, 0.717) is 5.57 Å². The number of rotatable bonds is 0. The largest absolute Gasteiger partial charge is 0.455 e.